The third-order valence-corrected chi connectivity index (χ3v) is 6.60. The summed E-state index contributed by atoms with van der Waals surface area (Å²) in [6.07, 6.45) is 1.36. The molecule has 0 radical (unpaired) electrons. The number of halogens is 2. The molecule has 2 aromatic carbocycles. The molecule has 2 aromatic rings. The molecule has 180 valence electrons. The van der Waals surface area contributed by atoms with E-state index in [1.807, 2.05) is 36.2 Å². The first-order valence-corrected chi connectivity index (χ1v) is 12.0. The minimum atomic E-state index is -0.0758. The molecule has 1 aliphatic rings. The highest BCUT2D eigenvalue weighted by Gasteiger charge is 2.29. The SMILES string of the molecule is CN(C(=O)Cc1ccc(Cl)c(Cl)c1)[C@H](CN1CC[C@H](OCCOCCO)C1)c1ccccc1. The summed E-state index contributed by atoms with van der Waals surface area (Å²) >= 11 is 12.1. The van der Waals surface area contributed by atoms with Gasteiger partial charge in [-0.1, -0.05) is 59.6 Å². The van der Waals surface area contributed by atoms with Crippen LogP contribution in [0.2, 0.25) is 10.0 Å². The zero-order valence-electron chi connectivity index (χ0n) is 19.0. The Morgan fingerprint density at radius 2 is 1.94 bits per heavy atom. The predicted molar refractivity (Wildman–Crippen MR) is 131 cm³/mol. The first-order chi connectivity index (χ1) is 16.0. The Hall–Kier alpha value is -1.67. The number of likely N-dealkylation sites (tertiary alicyclic amines) is 1. The summed E-state index contributed by atoms with van der Waals surface area (Å²) in [6, 6.07) is 15.4. The number of amides is 1. The monoisotopic (exact) mass is 494 g/mol. The molecule has 1 heterocycles. The topological polar surface area (TPSA) is 62.2 Å². The molecule has 0 aliphatic carbocycles. The van der Waals surface area contributed by atoms with Crippen LogP contribution in [-0.4, -0.2) is 80.0 Å². The van der Waals surface area contributed by atoms with Crippen molar-refractivity contribution in [2.75, 3.05) is 53.1 Å². The lowest BCUT2D eigenvalue weighted by Gasteiger charge is -2.32. The Morgan fingerprint density at radius 3 is 2.67 bits per heavy atom. The molecular weight excluding hydrogens is 463 g/mol. The van der Waals surface area contributed by atoms with Gasteiger partial charge in [0.05, 0.1) is 55.0 Å². The number of carbonyl (C=O) groups excluding carboxylic acids is 1. The molecule has 0 bridgehead atoms. The lowest BCUT2D eigenvalue weighted by atomic mass is 10.0. The van der Waals surface area contributed by atoms with Crippen molar-refractivity contribution in [3.63, 3.8) is 0 Å². The van der Waals surface area contributed by atoms with Gasteiger partial charge in [0.2, 0.25) is 5.91 Å². The molecule has 0 unspecified atom stereocenters. The van der Waals surface area contributed by atoms with Crippen LogP contribution in [-0.2, 0) is 20.7 Å². The van der Waals surface area contributed by atoms with Crippen molar-refractivity contribution in [3.05, 3.63) is 69.7 Å². The number of likely N-dealkylation sites (N-methyl/N-ethyl adjacent to an activating group) is 1. The molecule has 0 spiro atoms. The number of ether oxygens (including phenoxy) is 2. The van der Waals surface area contributed by atoms with Crippen LogP contribution in [0.25, 0.3) is 0 Å². The van der Waals surface area contributed by atoms with Crippen LogP contribution in [0.15, 0.2) is 48.5 Å². The highest BCUT2D eigenvalue weighted by atomic mass is 35.5. The molecule has 33 heavy (non-hydrogen) atoms. The Morgan fingerprint density at radius 1 is 1.15 bits per heavy atom. The summed E-state index contributed by atoms with van der Waals surface area (Å²) in [7, 11) is 1.86. The van der Waals surface area contributed by atoms with Crippen LogP contribution in [0, 0.1) is 0 Å². The van der Waals surface area contributed by atoms with Crippen LogP contribution in [0.1, 0.15) is 23.6 Å². The van der Waals surface area contributed by atoms with Gasteiger partial charge in [-0.2, -0.15) is 0 Å². The first kappa shape index (κ1) is 25.9. The summed E-state index contributed by atoms with van der Waals surface area (Å²) in [5.74, 6) is 0.0234. The third-order valence-electron chi connectivity index (χ3n) is 5.86. The summed E-state index contributed by atoms with van der Waals surface area (Å²) in [4.78, 5) is 17.3. The van der Waals surface area contributed by atoms with Gasteiger partial charge in [-0.15, -0.1) is 0 Å². The van der Waals surface area contributed by atoms with Crippen LogP contribution in [0.3, 0.4) is 0 Å². The third kappa shape index (κ3) is 7.95. The second-order valence-corrected chi connectivity index (χ2v) is 9.05. The van der Waals surface area contributed by atoms with E-state index >= 15 is 0 Å². The maximum Gasteiger partial charge on any atom is 0.227 e. The van der Waals surface area contributed by atoms with E-state index in [-0.39, 0.29) is 31.1 Å². The van der Waals surface area contributed by atoms with Crippen LogP contribution < -0.4 is 0 Å². The van der Waals surface area contributed by atoms with E-state index in [4.69, 9.17) is 37.8 Å². The summed E-state index contributed by atoms with van der Waals surface area (Å²) in [5.41, 5.74) is 1.94. The zero-order valence-corrected chi connectivity index (χ0v) is 20.5. The van der Waals surface area contributed by atoms with Crippen LogP contribution in [0.5, 0.6) is 0 Å². The van der Waals surface area contributed by atoms with E-state index in [2.05, 4.69) is 17.0 Å². The van der Waals surface area contributed by atoms with Crippen molar-refractivity contribution in [1.82, 2.24) is 9.80 Å². The Balaban J connectivity index is 1.61. The summed E-state index contributed by atoms with van der Waals surface area (Å²) in [5, 5.41) is 9.70. The smallest absolute Gasteiger partial charge is 0.227 e. The van der Waals surface area contributed by atoms with Gasteiger partial charge in [-0.05, 0) is 29.7 Å². The number of carbonyl (C=O) groups is 1. The van der Waals surface area contributed by atoms with Gasteiger partial charge in [0.1, 0.15) is 0 Å². The summed E-state index contributed by atoms with van der Waals surface area (Å²) < 4.78 is 11.2. The fraction of sp³-hybridized carbons (Fsp3) is 0.480. The minimum absolute atomic E-state index is 0.0232. The molecule has 1 N–H and O–H groups in total. The Kier molecular flexibility index (Phi) is 10.4. The molecule has 3 rings (SSSR count). The molecule has 2 atom stereocenters. The number of benzene rings is 2. The molecular formula is C25H32Cl2N2O4. The van der Waals surface area contributed by atoms with Gasteiger partial charge in [0.25, 0.3) is 0 Å². The maximum absolute atomic E-state index is 13.2. The summed E-state index contributed by atoms with van der Waals surface area (Å²) in [6.45, 7) is 3.82. The van der Waals surface area contributed by atoms with E-state index in [0.717, 1.165) is 37.2 Å². The van der Waals surface area contributed by atoms with Gasteiger partial charge in [-0.3, -0.25) is 9.69 Å². The zero-order chi connectivity index (χ0) is 23.6. The molecule has 1 aliphatic heterocycles. The largest absolute Gasteiger partial charge is 0.394 e. The molecule has 8 heteroatoms. The Labute approximate surface area is 206 Å². The quantitative estimate of drug-likeness (QED) is 0.454. The maximum atomic E-state index is 13.2. The van der Waals surface area contributed by atoms with E-state index in [1.165, 1.54) is 0 Å². The first-order valence-electron chi connectivity index (χ1n) is 11.2. The fourth-order valence-corrected chi connectivity index (χ4v) is 4.35. The fourth-order valence-electron chi connectivity index (χ4n) is 4.03. The highest BCUT2D eigenvalue weighted by Crippen LogP contribution is 2.26. The second kappa shape index (κ2) is 13.3. The van der Waals surface area contributed by atoms with Gasteiger partial charge in [-0.25, -0.2) is 0 Å². The minimum Gasteiger partial charge on any atom is -0.394 e. The predicted octanol–water partition coefficient (Wildman–Crippen LogP) is 3.84. The van der Waals surface area contributed by atoms with E-state index in [9.17, 15) is 4.79 Å². The Bertz CT molecular complexity index is 884. The molecule has 1 amide bonds. The standard InChI is InChI=1S/C25H32Cl2N2O4/c1-28(25(31)16-19-7-8-22(26)23(27)15-19)24(20-5-3-2-4-6-20)18-29-10-9-21(17-29)33-14-13-32-12-11-30/h2-8,15,21,24,30H,9-14,16-18H2,1H3/t21-,24+/m0/s1. The van der Waals surface area contributed by atoms with Gasteiger partial charge >= 0.3 is 0 Å². The molecule has 1 fully saturated rings. The number of nitrogens with zero attached hydrogens (tertiary/aromatic N) is 2. The molecule has 0 aromatic heterocycles. The number of rotatable bonds is 12. The number of hydrogen-bond acceptors (Lipinski definition) is 5. The molecule has 0 saturated carbocycles. The number of aliphatic hydroxyl groups is 1. The molecule has 1 saturated heterocycles. The van der Waals surface area contributed by atoms with Gasteiger partial charge in [0, 0.05) is 26.7 Å². The van der Waals surface area contributed by atoms with E-state index in [1.54, 1.807) is 12.1 Å². The van der Waals surface area contributed by atoms with Crippen molar-refractivity contribution < 1.29 is 19.4 Å². The van der Waals surface area contributed by atoms with E-state index < -0.39 is 0 Å². The van der Waals surface area contributed by atoms with Gasteiger partial charge < -0.3 is 19.5 Å². The van der Waals surface area contributed by atoms with Crippen LogP contribution in [0.4, 0.5) is 0 Å². The van der Waals surface area contributed by atoms with Crippen LogP contribution >= 0.6 is 23.2 Å². The average molecular weight is 495 g/mol. The number of aliphatic hydroxyl groups excluding tert-OH is 1. The second-order valence-electron chi connectivity index (χ2n) is 8.23. The van der Waals surface area contributed by atoms with Gasteiger partial charge in [0.15, 0.2) is 0 Å². The van der Waals surface area contributed by atoms with Crippen molar-refractivity contribution in [2.45, 2.75) is 25.0 Å². The normalized spacial score (nSPS) is 17.3. The van der Waals surface area contributed by atoms with Crippen molar-refractivity contribution in [3.8, 4) is 0 Å². The molecule has 6 nitrogen and oxygen atoms in total. The average Bonchev–Trinajstić information content (AvgIpc) is 3.27. The lowest BCUT2D eigenvalue weighted by molar-refractivity contribution is -0.131. The number of hydrogen-bond donors (Lipinski definition) is 1. The van der Waals surface area contributed by atoms with Crippen molar-refractivity contribution in [1.29, 1.82) is 0 Å². The van der Waals surface area contributed by atoms with Crippen molar-refractivity contribution >= 4 is 29.1 Å². The van der Waals surface area contributed by atoms with E-state index in [0.29, 0.717) is 29.9 Å². The highest BCUT2D eigenvalue weighted by molar-refractivity contribution is 6.42. The van der Waals surface area contributed by atoms with Crippen molar-refractivity contribution in [2.24, 2.45) is 0 Å². The lowest BCUT2D eigenvalue weighted by Crippen LogP contribution is -2.39.